The number of benzene rings is 2. The highest BCUT2D eigenvalue weighted by Crippen LogP contribution is 2.22. The van der Waals surface area contributed by atoms with E-state index >= 15 is 0 Å². The zero-order chi connectivity index (χ0) is 17.6. The van der Waals surface area contributed by atoms with Gasteiger partial charge in [0.2, 0.25) is 5.89 Å². The van der Waals surface area contributed by atoms with Crippen LogP contribution in [0, 0.1) is 0 Å². The van der Waals surface area contributed by atoms with E-state index in [2.05, 4.69) is 10.3 Å². The molecule has 25 heavy (non-hydrogen) atoms. The van der Waals surface area contributed by atoms with Gasteiger partial charge in [0, 0.05) is 0 Å². The highest BCUT2D eigenvalue weighted by molar-refractivity contribution is 5.92. The highest BCUT2D eigenvalue weighted by atomic mass is 16.3. The third-order valence-corrected chi connectivity index (χ3v) is 4.05. The number of nitrogens with zero attached hydrogens (tertiary/aromatic N) is 1. The first-order valence-electron chi connectivity index (χ1n) is 8.30. The monoisotopic (exact) mass is 335 g/mol. The molecule has 2 aromatic carbocycles. The van der Waals surface area contributed by atoms with Crippen LogP contribution in [0.15, 0.2) is 71.3 Å². The molecule has 3 rings (SSSR count). The van der Waals surface area contributed by atoms with Crippen molar-refractivity contribution in [3.05, 3.63) is 89.6 Å². The maximum Gasteiger partial charge on any atom is 0.273 e. The van der Waals surface area contributed by atoms with Gasteiger partial charge in [-0.15, -0.1) is 0 Å². The molecule has 0 aliphatic rings. The third kappa shape index (κ3) is 3.95. The van der Waals surface area contributed by atoms with Gasteiger partial charge in [-0.2, -0.15) is 0 Å². The number of amides is 1. The molecule has 0 saturated carbocycles. The molecule has 0 aliphatic heterocycles. The van der Waals surface area contributed by atoms with E-state index in [9.17, 15) is 4.79 Å². The molecular weight excluding hydrogens is 314 g/mol. The fourth-order valence-corrected chi connectivity index (χ4v) is 2.59. The van der Waals surface area contributed by atoms with Gasteiger partial charge in [0.25, 0.3) is 5.91 Å². The summed E-state index contributed by atoms with van der Waals surface area (Å²) in [5, 5.41) is 3.03. The van der Waals surface area contributed by atoms with Crippen molar-refractivity contribution in [3.8, 4) is 0 Å². The van der Waals surface area contributed by atoms with E-state index < -0.39 is 0 Å². The molecule has 0 saturated heterocycles. The van der Waals surface area contributed by atoms with Gasteiger partial charge >= 0.3 is 0 Å². The summed E-state index contributed by atoms with van der Waals surface area (Å²) in [6, 6.07) is 19.1. The summed E-state index contributed by atoms with van der Waals surface area (Å²) in [6.45, 7) is 1.94. The van der Waals surface area contributed by atoms with Crippen molar-refractivity contribution in [3.63, 3.8) is 0 Å². The average Bonchev–Trinajstić information content (AvgIpc) is 3.17. The quantitative estimate of drug-likeness (QED) is 0.721. The second-order valence-corrected chi connectivity index (χ2v) is 5.81. The van der Waals surface area contributed by atoms with Crippen molar-refractivity contribution in [2.24, 2.45) is 5.73 Å². The summed E-state index contributed by atoms with van der Waals surface area (Å²) in [5.41, 5.74) is 8.13. The topological polar surface area (TPSA) is 81.1 Å². The lowest BCUT2D eigenvalue weighted by atomic mass is 9.98. The zero-order valence-corrected chi connectivity index (χ0v) is 14.1. The Bertz CT molecular complexity index is 776. The van der Waals surface area contributed by atoms with Gasteiger partial charge < -0.3 is 15.5 Å². The lowest BCUT2D eigenvalue weighted by Gasteiger charge is -2.19. The summed E-state index contributed by atoms with van der Waals surface area (Å²) < 4.78 is 5.33. The molecule has 3 aromatic rings. The minimum Gasteiger partial charge on any atom is -0.446 e. The minimum absolute atomic E-state index is 0.232. The number of aromatic nitrogens is 1. The Morgan fingerprint density at radius 2 is 1.64 bits per heavy atom. The summed E-state index contributed by atoms with van der Waals surface area (Å²) in [4.78, 5) is 16.9. The molecule has 0 radical (unpaired) electrons. The summed E-state index contributed by atoms with van der Waals surface area (Å²) in [7, 11) is 0. The van der Waals surface area contributed by atoms with Crippen molar-refractivity contribution < 1.29 is 9.21 Å². The van der Waals surface area contributed by atoms with E-state index in [0.29, 0.717) is 12.3 Å². The second kappa shape index (κ2) is 7.77. The normalized spacial score (nSPS) is 12.1. The van der Waals surface area contributed by atoms with Crippen LogP contribution in [-0.2, 0) is 0 Å². The van der Waals surface area contributed by atoms with Crippen molar-refractivity contribution in [1.82, 2.24) is 10.3 Å². The van der Waals surface area contributed by atoms with Gasteiger partial charge in [-0.3, -0.25) is 4.79 Å². The van der Waals surface area contributed by atoms with Crippen LogP contribution in [0.1, 0.15) is 52.9 Å². The minimum atomic E-state index is -0.305. The molecule has 3 N–H and O–H groups in total. The van der Waals surface area contributed by atoms with Gasteiger partial charge in [0.15, 0.2) is 5.69 Å². The third-order valence-electron chi connectivity index (χ3n) is 4.05. The number of hydrogen-bond donors (Lipinski definition) is 2. The van der Waals surface area contributed by atoms with Crippen LogP contribution >= 0.6 is 0 Å². The van der Waals surface area contributed by atoms with Crippen molar-refractivity contribution in [2.45, 2.75) is 25.4 Å². The molecule has 5 heteroatoms. The first-order valence-corrected chi connectivity index (χ1v) is 8.30. The van der Waals surface area contributed by atoms with Crippen LogP contribution in [-0.4, -0.2) is 10.9 Å². The molecule has 0 bridgehead atoms. The Morgan fingerprint density at radius 1 is 1.08 bits per heavy atom. The van der Waals surface area contributed by atoms with Crippen LogP contribution in [0.25, 0.3) is 0 Å². The standard InChI is InChI=1S/C20H21N3O2/c1-2-16(21)20-22-17(13-25-20)19(24)23-18(14-9-5-3-6-10-14)15-11-7-4-8-12-15/h3-13,16,18H,2,21H2,1H3,(H,23,24). The van der Waals surface area contributed by atoms with E-state index in [-0.39, 0.29) is 23.7 Å². The Hall–Kier alpha value is -2.92. The van der Waals surface area contributed by atoms with E-state index in [1.807, 2.05) is 67.6 Å². The van der Waals surface area contributed by atoms with Crippen LogP contribution in [0.5, 0.6) is 0 Å². The molecule has 1 amide bonds. The number of rotatable bonds is 6. The fourth-order valence-electron chi connectivity index (χ4n) is 2.59. The van der Waals surface area contributed by atoms with Crippen LogP contribution in [0.4, 0.5) is 0 Å². The van der Waals surface area contributed by atoms with E-state index in [0.717, 1.165) is 11.1 Å². The Balaban J connectivity index is 1.85. The lowest BCUT2D eigenvalue weighted by molar-refractivity contribution is 0.0938. The number of oxazole rings is 1. The smallest absolute Gasteiger partial charge is 0.273 e. The predicted molar refractivity (Wildman–Crippen MR) is 95.9 cm³/mol. The molecule has 0 fully saturated rings. The molecule has 1 aromatic heterocycles. The van der Waals surface area contributed by atoms with Crippen LogP contribution in [0.2, 0.25) is 0 Å². The molecule has 1 atom stereocenters. The molecule has 128 valence electrons. The van der Waals surface area contributed by atoms with Crippen molar-refractivity contribution in [1.29, 1.82) is 0 Å². The van der Waals surface area contributed by atoms with Crippen LogP contribution < -0.4 is 11.1 Å². The highest BCUT2D eigenvalue weighted by Gasteiger charge is 2.21. The number of hydrogen-bond acceptors (Lipinski definition) is 4. The van der Waals surface area contributed by atoms with E-state index in [1.54, 1.807) is 0 Å². The summed E-state index contributed by atoms with van der Waals surface area (Å²) >= 11 is 0. The predicted octanol–water partition coefficient (Wildman–Crippen LogP) is 3.60. The number of nitrogens with one attached hydrogen (secondary N) is 1. The largest absolute Gasteiger partial charge is 0.446 e. The zero-order valence-electron chi connectivity index (χ0n) is 14.1. The summed E-state index contributed by atoms with van der Waals surface area (Å²) in [6.07, 6.45) is 2.05. The first-order chi connectivity index (χ1) is 12.2. The fraction of sp³-hybridized carbons (Fsp3) is 0.200. The first kappa shape index (κ1) is 16.9. The molecule has 0 aliphatic carbocycles. The molecule has 1 unspecified atom stereocenters. The van der Waals surface area contributed by atoms with Crippen molar-refractivity contribution in [2.75, 3.05) is 0 Å². The maximum absolute atomic E-state index is 12.7. The molecule has 1 heterocycles. The molecule has 5 nitrogen and oxygen atoms in total. The average molecular weight is 335 g/mol. The second-order valence-electron chi connectivity index (χ2n) is 5.81. The van der Waals surface area contributed by atoms with Gasteiger partial charge in [-0.25, -0.2) is 4.98 Å². The van der Waals surface area contributed by atoms with Crippen LogP contribution in [0.3, 0.4) is 0 Å². The SMILES string of the molecule is CCC(N)c1nc(C(=O)NC(c2ccccc2)c2ccccc2)co1. The Morgan fingerprint density at radius 3 is 2.16 bits per heavy atom. The van der Waals surface area contributed by atoms with Gasteiger partial charge in [0.05, 0.1) is 12.1 Å². The van der Waals surface area contributed by atoms with Gasteiger partial charge in [0.1, 0.15) is 6.26 Å². The Kier molecular flexibility index (Phi) is 5.26. The molecular formula is C20H21N3O2. The number of carbonyl (C=O) groups excluding carboxylic acids is 1. The van der Waals surface area contributed by atoms with Gasteiger partial charge in [-0.1, -0.05) is 67.6 Å². The molecule has 0 spiro atoms. The number of nitrogens with two attached hydrogens (primary N) is 1. The van der Waals surface area contributed by atoms with E-state index in [1.165, 1.54) is 6.26 Å². The van der Waals surface area contributed by atoms with Gasteiger partial charge in [-0.05, 0) is 17.5 Å². The summed E-state index contributed by atoms with van der Waals surface area (Å²) in [5.74, 6) is 0.0830. The number of carbonyl (C=O) groups is 1. The maximum atomic E-state index is 12.7. The van der Waals surface area contributed by atoms with Crippen molar-refractivity contribution >= 4 is 5.91 Å². The lowest BCUT2D eigenvalue weighted by Crippen LogP contribution is -2.29. The van der Waals surface area contributed by atoms with E-state index in [4.69, 9.17) is 10.2 Å². The Labute approximate surface area is 146 Å².